The van der Waals surface area contributed by atoms with Crippen LogP contribution in [0.2, 0.25) is 0 Å². The van der Waals surface area contributed by atoms with Crippen molar-refractivity contribution >= 4 is 15.9 Å². The molecule has 0 saturated heterocycles. The number of sulfonamides is 1. The highest BCUT2D eigenvalue weighted by Crippen LogP contribution is 2.09. The number of hydrogen-bond acceptors (Lipinski definition) is 3. The van der Waals surface area contributed by atoms with E-state index in [4.69, 9.17) is 0 Å². The van der Waals surface area contributed by atoms with Gasteiger partial charge in [-0.1, -0.05) is 6.92 Å². The predicted octanol–water partition coefficient (Wildman–Crippen LogP) is 2.00. The first-order valence-corrected chi connectivity index (χ1v) is 8.55. The predicted molar refractivity (Wildman–Crippen MR) is 79.1 cm³/mol. The summed E-state index contributed by atoms with van der Waals surface area (Å²) in [6.45, 7) is 1.05. The van der Waals surface area contributed by atoms with Gasteiger partial charge in [0.05, 0.1) is 11.4 Å². The molecule has 1 amide bonds. The van der Waals surface area contributed by atoms with Crippen molar-refractivity contribution in [2.24, 2.45) is 0 Å². The summed E-state index contributed by atoms with van der Waals surface area (Å²) in [5.41, 5.74) is 0. The summed E-state index contributed by atoms with van der Waals surface area (Å²) < 4.78 is 63.6. The number of alkyl halides is 2. The number of rotatable bonds is 9. The molecule has 0 fully saturated rings. The van der Waals surface area contributed by atoms with Gasteiger partial charge in [-0.15, -0.1) is 0 Å². The fourth-order valence-corrected chi connectivity index (χ4v) is 2.93. The molecule has 0 bridgehead atoms. The van der Waals surface area contributed by atoms with Gasteiger partial charge in [-0.25, -0.2) is 26.3 Å². The van der Waals surface area contributed by atoms with Crippen molar-refractivity contribution in [2.45, 2.75) is 31.1 Å². The maximum absolute atomic E-state index is 12.8. The molecule has 1 rings (SSSR count). The van der Waals surface area contributed by atoms with Gasteiger partial charge in [-0.3, -0.25) is 4.79 Å². The van der Waals surface area contributed by atoms with Crippen LogP contribution in [0.1, 0.15) is 19.8 Å². The first-order chi connectivity index (χ1) is 10.8. The van der Waals surface area contributed by atoms with Crippen molar-refractivity contribution in [1.82, 2.24) is 9.62 Å². The average molecular weight is 352 g/mol. The number of nitrogens with one attached hydrogen (secondary N) is 1. The maximum atomic E-state index is 12.8. The van der Waals surface area contributed by atoms with E-state index < -0.39 is 34.7 Å². The summed E-state index contributed by atoms with van der Waals surface area (Å²) in [6, 6.07) is 4.20. The highest BCUT2D eigenvalue weighted by atomic mass is 32.2. The third kappa shape index (κ3) is 6.57. The lowest BCUT2D eigenvalue weighted by Gasteiger charge is -2.21. The minimum atomic E-state index is -3.87. The number of carbonyl (C=O) groups excluding carboxylic acids is 1. The number of amides is 1. The molecule has 23 heavy (non-hydrogen) atoms. The number of hydrogen-bond donors (Lipinski definition) is 1. The molecule has 0 aliphatic rings. The van der Waals surface area contributed by atoms with E-state index in [0.29, 0.717) is 6.42 Å². The Balaban J connectivity index is 2.57. The molecule has 130 valence electrons. The van der Waals surface area contributed by atoms with Crippen LogP contribution < -0.4 is 4.72 Å². The van der Waals surface area contributed by atoms with E-state index >= 15 is 0 Å². The average Bonchev–Trinajstić information content (AvgIpc) is 2.46. The fourth-order valence-electron chi connectivity index (χ4n) is 1.90. The molecule has 9 heteroatoms. The second kappa shape index (κ2) is 8.88. The Morgan fingerprint density at radius 1 is 1.26 bits per heavy atom. The van der Waals surface area contributed by atoms with E-state index in [-0.39, 0.29) is 24.4 Å². The van der Waals surface area contributed by atoms with Crippen LogP contribution >= 0.6 is 0 Å². The summed E-state index contributed by atoms with van der Waals surface area (Å²) >= 11 is 0. The summed E-state index contributed by atoms with van der Waals surface area (Å²) in [6.07, 6.45) is -2.34. The number of halogens is 3. The Hall–Kier alpha value is -1.61. The van der Waals surface area contributed by atoms with Crippen molar-refractivity contribution < 1.29 is 26.4 Å². The summed E-state index contributed by atoms with van der Waals surface area (Å²) in [7, 11) is -3.87. The molecular weight excluding hydrogens is 333 g/mol. The number of nitrogens with zero attached hydrogens (tertiary/aromatic N) is 1. The second-order valence-electron chi connectivity index (χ2n) is 4.83. The lowest BCUT2D eigenvalue weighted by atomic mass is 10.3. The zero-order chi connectivity index (χ0) is 17.5. The molecule has 1 N–H and O–H groups in total. The van der Waals surface area contributed by atoms with Gasteiger partial charge < -0.3 is 4.90 Å². The van der Waals surface area contributed by atoms with Crippen molar-refractivity contribution in [3.63, 3.8) is 0 Å². The Kier molecular flexibility index (Phi) is 7.50. The van der Waals surface area contributed by atoms with Crippen molar-refractivity contribution in [3.8, 4) is 0 Å². The van der Waals surface area contributed by atoms with Gasteiger partial charge in [0, 0.05) is 19.5 Å². The van der Waals surface area contributed by atoms with Crippen LogP contribution in [0, 0.1) is 5.82 Å². The van der Waals surface area contributed by atoms with Gasteiger partial charge >= 0.3 is 0 Å². The van der Waals surface area contributed by atoms with E-state index in [2.05, 4.69) is 4.72 Å². The highest BCUT2D eigenvalue weighted by Gasteiger charge is 2.19. The normalized spacial score (nSPS) is 11.7. The van der Waals surface area contributed by atoms with Crippen LogP contribution in [0.15, 0.2) is 29.2 Å². The van der Waals surface area contributed by atoms with E-state index in [1.165, 1.54) is 0 Å². The Morgan fingerprint density at radius 2 is 1.87 bits per heavy atom. The minimum absolute atomic E-state index is 0.135. The summed E-state index contributed by atoms with van der Waals surface area (Å²) in [5.74, 6) is -1.12. The van der Waals surface area contributed by atoms with Crippen LogP contribution in [-0.4, -0.2) is 45.3 Å². The topological polar surface area (TPSA) is 66.5 Å². The molecule has 5 nitrogen and oxygen atoms in total. The molecule has 0 heterocycles. The van der Waals surface area contributed by atoms with E-state index in [0.717, 1.165) is 29.2 Å². The third-order valence-corrected chi connectivity index (χ3v) is 4.44. The third-order valence-electron chi connectivity index (χ3n) is 2.96. The Morgan fingerprint density at radius 3 is 2.39 bits per heavy atom. The van der Waals surface area contributed by atoms with Gasteiger partial charge in [-0.05, 0) is 30.7 Å². The van der Waals surface area contributed by atoms with Gasteiger partial charge in [0.2, 0.25) is 15.9 Å². The van der Waals surface area contributed by atoms with E-state index in [1.54, 1.807) is 6.92 Å². The smallest absolute Gasteiger partial charge is 0.255 e. The number of benzene rings is 1. The zero-order valence-corrected chi connectivity index (χ0v) is 13.5. The van der Waals surface area contributed by atoms with Gasteiger partial charge in [0.15, 0.2) is 0 Å². The number of carbonyl (C=O) groups is 1. The molecule has 0 unspecified atom stereocenters. The van der Waals surface area contributed by atoms with Crippen LogP contribution in [0.5, 0.6) is 0 Å². The first-order valence-electron chi connectivity index (χ1n) is 7.07. The lowest BCUT2D eigenvalue weighted by Crippen LogP contribution is -2.38. The van der Waals surface area contributed by atoms with Crippen LogP contribution in [0.25, 0.3) is 0 Å². The largest absolute Gasteiger partial charge is 0.337 e. The van der Waals surface area contributed by atoms with Crippen LogP contribution in [0.3, 0.4) is 0 Å². The van der Waals surface area contributed by atoms with Crippen molar-refractivity contribution in [2.75, 3.05) is 19.6 Å². The van der Waals surface area contributed by atoms with Gasteiger partial charge in [0.25, 0.3) is 6.43 Å². The lowest BCUT2D eigenvalue weighted by molar-refractivity contribution is -0.133. The standard InChI is InChI=1S/C14H19F3N2O3S/c1-2-9-19(10-13(16)17)14(20)7-8-18-23(21,22)12-5-3-11(15)4-6-12/h3-6,13,18H,2,7-10H2,1H3. The van der Waals surface area contributed by atoms with Crippen molar-refractivity contribution in [3.05, 3.63) is 30.1 Å². The Labute approximate surface area is 133 Å². The quantitative estimate of drug-likeness (QED) is 0.739. The van der Waals surface area contributed by atoms with Crippen LogP contribution in [0.4, 0.5) is 13.2 Å². The van der Waals surface area contributed by atoms with Gasteiger partial charge in [0.1, 0.15) is 5.82 Å². The molecule has 0 radical (unpaired) electrons. The Bertz CT molecular complexity index is 606. The van der Waals surface area contributed by atoms with Gasteiger partial charge in [-0.2, -0.15) is 0 Å². The van der Waals surface area contributed by atoms with Crippen LogP contribution in [-0.2, 0) is 14.8 Å². The molecule has 1 aromatic carbocycles. The van der Waals surface area contributed by atoms with Crippen molar-refractivity contribution in [1.29, 1.82) is 0 Å². The molecule has 0 aliphatic heterocycles. The first kappa shape index (κ1) is 19.4. The molecule has 0 spiro atoms. The molecule has 1 aromatic rings. The molecule has 0 aromatic heterocycles. The van der Waals surface area contributed by atoms with E-state index in [1.807, 2.05) is 0 Å². The summed E-state index contributed by atoms with van der Waals surface area (Å²) in [5, 5.41) is 0. The fraction of sp³-hybridized carbons (Fsp3) is 0.500. The second-order valence-corrected chi connectivity index (χ2v) is 6.60. The minimum Gasteiger partial charge on any atom is -0.337 e. The SMILES string of the molecule is CCCN(CC(F)F)C(=O)CCNS(=O)(=O)c1ccc(F)cc1. The zero-order valence-electron chi connectivity index (χ0n) is 12.6. The maximum Gasteiger partial charge on any atom is 0.255 e. The molecule has 0 atom stereocenters. The molecule has 0 saturated carbocycles. The molecular formula is C14H19F3N2O3S. The highest BCUT2D eigenvalue weighted by molar-refractivity contribution is 7.89. The summed E-state index contributed by atoms with van der Waals surface area (Å²) in [4.78, 5) is 12.7. The monoisotopic (exact) mass is 352 g/mol. The molecule has 0 aliphatic carbocycles. The van der Waals surface area contributed by atoms with E-state index in [9.17, 15) is 26.4 Å².